The summed E-state index contributed by atoms with van der Waals surface area (Å²) in [6.07, 6.45) is 1.71. The molecule has 5 rings (SSSR count). The molecule has 0 radical (unpaired) electrons. The Morgan fingerprint density at radius 3 is 2.25 bits per heavy atom. The number of carboxylic acid groups (broad SMARTS) is 1. The molecule has 0 aromatic heterocycles. The maximum Gasteiger partial charge on any atom is 0.335 e. The monoisotopic (exact) mass is 666 g/mol. The second-order valence-corrected chi connectivity index (χ2v) is 12.1. The van der Waals surface area contributed by atoms with Crippen LogP contribution < -0.4 is 14.4 Å². The number of ether oxygens (including phenoxy) is 2. The summed E-state index contributed by atoms with van der Waals surface area (Å²) < 4.78 is 11.5. The maximum atomic E-state index is 13.8. The minimum Gasteiger partial charge on any atom is -0.493 e. The van der Waals surface area contributed by atoms with E-state index in [1.54, 1.807) is 42.5 Å². The van der Waals surface area contributed by atoms with Crippen LogP contribution in [0, 0.1) is 13.8 Å². The van der Waals surface area contributed by atoms with Gasteiger partial charge in [-0.3, -0.25) is 9.69 Å². The predicted molar refractivity (Wildman–Crippen MR) is 178 cm³/mol. The minimum absolute atomic E-state index is 0.141. The fraction of sp³-hybridized carbons (Fsp3) is 0.121. The smallest absolute Gasteiger partial charge is 0.335 e. The standard InChI is InChI=1S/C33H25Cl3N2O5S/c1-18-4-10-23(15-25(18)34)37-33-38(24-11-5-19(2)26(35)16-24)31(39)29(44-33)14-21-12-27(36)30(28(13-21)42-3)43-17-20-6-8-22(9-7-20)32(40)41/h4-16H,17H2,1-3H3,(H,40,41)/b29-14+,37-33?. The van der Waals surface area contributed by atoms with Gasteiger partial charge in [0.15, 0.2) is 16.7 Å². The molecule has 1 heterocycles. The topological polar surface area (TPSA) is 88.4 Å². The highest BCUT2D eigenvalue weighted by Crippen LogP contribution is 2.41. The lowest BCUT2D eigenvalue weighted by Crippen LogP contribution is -2.28. The lowest BCUT2D eigenvalue weighted by Gasteiger charge is -2.17. The van der Waals surface area contributed by atoms with Gasteiger partial charge in [-0.15, -0.1) is 0 Å². The Kier molecular flexibility index (Phi) is 9.56. The number of hydrogen-bond donors (Lipinski definition) is 1. The number of carbonyl (C=O) groups is 2. The molecule has 0 aliphatic carbocycles. The zero-order valence-electron chi connectivity index (χ0n) is 23.7. The zero-order valence-corrected chi connectivity index (χ0v) is 26.8. The molecule has 1 saturated heterocycles. The van der Waals surface area contributed by atoms with Crippen molar-refractivity contribution in [2.45, 2.75) is 20.5 Å². The highest BCUT2D eigenvalue weighted by atomic mass is 35.5. The van der Waals surface area contributed by atoms with E-state index in [2.05, 4.69) is 0 Å². The minimum atomic E-state index is -1.01. The van der Waals surface area contributed by atoms with E-state index < -0.39 is 5.97 Å². The third-order valence-electron chi connectivity index (χ3n) is 6.73. The molecular formula is C33H25Cl3N2O5S. The predicted octanol–water partition coefficient (Wildman–Crippen LogP) is 9.36. The molecule has 4 aromatic rings. The highest BCUT2D eigenvalue weighted by Gasteiger charge is 2.35. The number of rotatable bonds is 8. The second kappa shape index (κ2) is 13.4. The molecule has 7 nitrogen and oxygen atoms in total. The van der Waals surface area contributed by atoms with Crippen LogP contribution in [0.15, 0.2) is 82.7 Å². The van der Waals surface area contributed by atoms with Gasteiger partial charge in [-0.1, -0.05) is 59.1 Å². The molecular weight excluding hydrogens is 643 g/mol. The number of benzene rings is 4. The molecule has 224 valence electrons. The third-order valence-corrected chi connectivity index (χ3v) is 8.80. The molecule has 0 spiro atoms. The third kappa shape index (κ3) is 6.89. The van der Waals surface area contributed by atoms with Crippen LogP contribution in [0.4, 0.5) is 11.4 Å². The van der Waals surface area contributed by atoms with E-state index in [0.29, 0.717) is 48.6 Å². The molecule has 0 saturated carbocycles. The van der Waals surface area contributed by atoms with E-state index in [1.165, 1.54) is 35.9 Å². The number of hydrogen-bond acceptors (Lipinski definition) is 6. The molecule has 1 aliphatic heterocycles. The molecule has 4 aromatic carbocycles. The van der Waals surface area contributed by atoms with E-state index in [0.717, 1.165) is 16.7 Å². The van der Waals surface area contributed by atoms with E-state index in [1.807, 2.05) is 38.1 Å². The second-order valence-electron chi connectivity index (χ2n) is 9.84. The molecule has 0 bridgehead atoms. The lowest BCUT2D eigenvalue weighted by molar-refractivity contribution is -0.113. The van der Waals surface area contributed by atoms with Gasteiger partial charge < -0.3 is 14.6 Å². The average molecular weight is 668 g/mol. The summed E-state index contributed by atoms with van der Waals surface area (Å²) in [5.74, 6) is -0.604. The number of halogens is 3. The maximum absolute atomic E-state index is 13.8. The average Bonchev–Trinajstić information content (AvgIpc) is 3.29. The summed E-state index contributed by atoms with van der Waals surface area (Å²) in [6.45, 7) is 3.94. The first-order chi connectivity index (χ1) is 21.0. The fourth-order valence-corrected chi connectivity index (χ4v) is 5.90. The first-order valence-electron chi connectivity index (χ1n) is 13.2. The van der Waals surface area contributed by atoms with E-state index in [9.17, 15) is 9.59 Å². The summed E-state index contributed by atoms with van der Waals surface area (Å²) in [6, 6.07) is 20.6. The number of aliphatic imine (C=N–C) groups is 1. The van der Waals surface area contributed by atoms with Crippen LogP contribution in [0.1, 0.15) is 32.6 Å². The van der Waals surface area contributed by atoms with Crippen molar-refractivity contribution >= 4 is 81.1 Å². The van der Waals surface area contributed by atoms with Crippen LogP contribution in [-0.4, -0.2) is 29.3 Å². The number of amides is 1. The molecule has 1 N–H and O–H groups in total. The first-order valence-corrected chi connectivity index (χ1v) is 15.2. The normalized spacial score (nSPS) is 14.9. The Bertz CT molecular complexity index is 1840. The SMILES string of the molecule is COc1cc(/C=C2/SC(=Nc3ccc(C)c(Cl)c3)N(c3ccc(C)c(Cl)c3)C2=O)cc(Cl)c1OCc1ccc(C(=O)O)cc1. The molecule has 1 aliphatic rings. The summed E-state index contributed by atoms with van der Waals surface area (Å²) >= 11 is 20.6. The van der Waals surface area contributed by atoms with E-state index >= 15 is 0 Å². The fourth-order valence-electron chi connectivity index (χ4n) is 4.27. The summed E-state index contributed by atoms with van der Waals surface area (Å²) in [5.41, 5.74) is 4.53. The molecule has 0 unspecified atom stereocenters. The van der Waals surface area contributed by atoms with Gasteiger partial charge in [0.05, 0.1) is 34.0 Å². The van der Waals surface area contributed by atoms with Crippen molar-refractivity contribution in [1.29, 1.82) is 0 Å². The van der Waals surface area contributed by atoms with E-state index in [-0.39, 0.29) is 23.1 Å². The molecule has 1 amide bonds. The Labute approximate surface area is 273 Å². The number of carbonyl (C=O) groups excluding carboxylic acids is 1. The number of anilines is 1. The van der Waals surface area contributed by atoms with Gasteiger partial charge >= 0.3 is 5.97 Å². The van der Waals surface area contributed by atoms with Gasteiger partial charge in [0.2, 0.25) is 0 Å². The number of methoxy groups -OCH3 is 1. The number of nitrogens with zero attached hydrogens (tertiary/aromatic N) is 2. The largest absolute Gasteiger partial charge is 0.493 e. The summed E-state index contributed by atoms with van der Waals surface area (Å²) in [5, 5.41) is 10.9. The zero-order chi connectivity index (χ0) is 31.5. The van der Waals surface area contributed by atoms with Gasteiger partial charge in [-0.25, -0.2) is 9.79 Å². The van der Waals surface area contributed by atoms with E-state index in [4.69, 9.17) is 54.4 Å². The Morgan fingerprint density at radius 2 is 1.61 bits per heavy atom. The number of thioether (sulfide) groups is 1. The number of carboxylic acids is 1. The highest BCUT2D eigenvalue weighted by molar-refractivity contribution is 8.19. The number of amidine groups is 1. The number of aryl methyl sites for hydroxylation is 2. The van der Waals surface area contributed by atoms with Gasteiger partial charge in [-0.2, -0.15) is 0 Å². The Hall–Kier alpha value is -3.95. The van der Waals surface area contributed by atoms with Gasteiger partial charge in [0.25, 0.3) is 5.91 Å². The van der Waals surface area contributed by atoms with Crippen LogP contribution in [0.2, 0.25) is 15.1 Å². The van der Waals surface area contributed by atoms with Crippen molar-refractivity contribution in [3.8, 4) is 11.5 Å². The quantitative estimate of drug-likeness (QED) is 0.188. The van der Waals surface area contributed by atoms with Gasteiger partial charge in [0.1, 0.15) is 6.61 Å². The van der Waals surface area contributed by atoms with Crippen LogP contribution in [0.25, 0.3) is 6.08 Å². The van der Waals surface area contributed by atoms with Crippen molar-refractivity contribution in [3.05, 3.63) is 121 Å². The van der Waals surface area contributed by atoms with Crippen molar-refractivity contribution in [2.24, 2.45) is 4.99 Å². The summed E-state index contributed by atoms with van der Waals surface area (Å²) in [4.78, 5) is 31.6. The van der Waals surface area contributed by atoms with Crippen LogP contribution >= 0.6 is 46.6 Å². The van der Waals surface area contributed by atoms with Crippen molar-refractivity contribution < 1.29 is 24.2 Å². The number of aromatic carboxylic acids is 1. The molecule has 44 heavy (non-hydrogen) atoms. The van der Waals surface area contributed by atoms with Crippen LogP contribution in [0.5, 0.6) is 11.5 Å². The molecule has 1 fully saturated rings. The Balaban J connectivity index is 1.47. The van der Waals surface area contributed by atoms with Crippen molar-refractivity contribution in [2.75, 3.05) is 12.0 Å². The van der Waals surface area contributed by atoms with Crippen LogP contribution in [0.3, 0.4) is 0 Å². The lowest BCUT2D eigenvalue weighted by atomic mass is 10.1. The molecule has 0 atom stereocenters. The summed E-state index contributed by atoms with van der Waals surface area (Å²) in [7, 11) is 1.49. The van der Waals surface area contributed by atoms with Gasteiger partial charge in [0, 0.05) is 10.0 Å². The van der Waals surface area contributed by atoms with Gasteiger partial charge in [-0.05, 0) is 102 Å². The Morgan fingerprint density at radius 1 is 0.932 bits per heavy atom. The molecule has 11 heteroatoms. The van der Waals surface area contributed by atoms with Crippen LogP contribution in [-0.2, 0) is 11.4 Å². The van der Waals surface area contributed by atoms with Crippen molar-refractivity contribution in [1.82, 2.24) is 0 Å². The first kappa shape index (κ1) is 31.5. The van der Waals surface area contributed by atoms with Crippen molar-refractivity contribution in [3.63, 3.8) is 0 Å².